The van der Waals surface area contributed by atoms with E-state index in [9.17, 15) is 9.59 Å². The van der Waals surface area contributed by atoms with Gasteiger partial charge in [0.1, 0.15) is 17.0 Å². The highest BCUT2D eigenvalue weighted by Crippen LogP contribution is 2.39. The molecular formula is C21H27NO4. The Morgan fingerprint density at radius 1 is 1.27 bits per heavy atom. The molecule has 0 N–H and O–H groups in total. The summed E-state index contributed by atoms with van der Waals surface area (Å²) in [4.78, 5) is 26.8. The number of piperidine rings is 1. The monoisotopic (exact) mass is 357 g/mol. The van der Waals surface area contributed by atoms with Gasteiger partial charge in [-0.15, -0.1) is 0 Å². The molecule has 0 saturated carbocycles. The minimum atomic E-state index is -0.524. The summed E-state index contributed by atoms with van der Waals surface area (Å²) in [7, 11) is 2.09. The zero-order valence-corrected chi connectivity index (χ0v) is 16.0. The van der Waals surface area contributed by atoms with Gasteiger partial charge in [0, 0.05) is 32.0 Å². The maximum atomic E-state index is 12.7. The molecule has 0 aliphatic carbocycles. The minimum Gasteiger partial charge on any atom is -0.486 e. The first-order chi connectivity index (χ1) is 12.2. The molecule has 0 amide bonds. The highest BCUT2D eigenvalue weighted by molar-refractivity contribution is 6.01. The van der Waals surface area contributed by atoms with Gasteiger partial charge in [-0.3, -0.25) is 4.79 Å². The molecule has 2 aliphatic heterocycles. The predicted octanol–water partition coefficient (Wildman–Crippen LogP) is 3.47. The Morgan fingerprint density at radius 3 is 2.62 bits per heavy atom. The minimum absolute atomic E-state index is 0.114. The molecule has 0 unspecified atom stereocenters. The Balaban J connectivity index is 1.74. The summed E-state index contributed by atoms with van der Waals surface area (Å²) in [5.41, 5.74) is 0.500. The lowest BCUT2D eigenvalue weighted by atomic mass is 9.82. The van der Waals surface area contributed by atoms with Gasteiger partial charge in [0.25, 0.3) is 0 Å². The van der Waals surface area contributed by atoms with Gasteiger partial charge < -0.3 is 14.4 Å². The van der Waals surface area contributed by atoms with Gasteiger partial charge in [0.05, 0.1) is 12.0 Å². The number of likely N-dealkylation sites (tertiary alicyclic amines) is 1. The number of carbonyl (C=O) groups excluding carboxylic acids is 2. The second-order valence-electron chi connectivity index (χ2n) is 8.31. The SMILES string of the molecule is CN1CCC2(CC1)CC(=O)c1cc(/C=C/C(=O)OC(C)(C)C)ccc1O2. The number of Topliss-reactive ketones (excluding diaryl/α,β-unsaturated/α-hetero) is 1. The second kappa shape index (κ2) is 6.88. The number of nitrogens with zero attached hydrogens (tertiary/aromatic N) is 1. The molecule has 1 fully saturated rings. The summed E-state index contributed by atoms with van der Waals surface area (Å²) >= 11 is 0. The van der Waals surface area contributed by atoms with Crippen LogP contribution in [-0.2, 0) is 9.53 Å². The van der Waals surface area contributed by atoms with E-state index in [1.54, 1.807) is 12.1 Å². The van der Waals surface area contributed by atoms with Gasteiger partial charge in [-0.05, 0) is 51.6 Å². The third-order valence-electron chi connectivity index (χ3n) is 4.83. The fraction of sp³-hybridized carbons (Fsp3) is 0.524. The molecule has 26 heavy (non-hydrogen) atoms. The molecule has 1 spiro atoms. The van der Waals surface area contributed by atoms with Crippen LogP contribution in [0.1, 0.15) is 56.0 Å². The average Bonchev–Trinajstić information content (AvgIpc) is 2.55. The molecule has 0 atom stereocenters. The fourth-order valence-electron chi connectivity index (χ4n) is 3.42. The predicted molar refractivity (Wildman–Crippen MR) is 100 cm³/mol. The van der Waals surface area contributed by atoms with E-state index in [1.165, 1.54) is 6.08 Å². The number of ether oxygens (including phenoxy) is 2. The Bertz CT molecular complexity index is 737. The lowest BCUT2D eigenvalue weighted by Crippen LogP contribution is -2.50. The van der Waals surface area contributed by atoms with Crippen molar-refractivity contribution in [1.82, 2.24) is 4.90 Å². The van der Waals surface area contributed by atoms with Crippen LogP contribution < -0.4 is 4.74 Å². The Kier molecular flexibility index (Phi) is 4.93. The maximum Gasteiger partial charge on any atom is 0.331 e. The first-order valence-electron chi connectivity index (χ1n) is 9.12. The first-order valence-corrected chi connectivity index (χ1v) is 9.12. The second-order valence-corrected chi connectivity index (χ2v) is 8.31. The van der Waals surface area contributed by atoms with Crippen LogP contribution in [0.25, 0.3) is 6.08 Å². The van der Waals surface area contributed by atoms with E-state index >= 15 is 0 Å². The topological polar surface area (TPSA) is 55.8 Å². The van der Waals surface area contributed by atoms with E-state index in [2.05, 4.69) is 11.9 Å². The van der Waals surface area contributed by atoms with E-state index in [0.29, 0.717) is 17.7 Å². The molecular weight excluding hydrogens is 330 g/mol. The van der Waals surface area contributed by atoms with Gasteiger partial charge >= 0.3 is 5.97 Å². The molecule has 5 nitrogen and oxygen atoms in total. The number of carbonyl (C=O) groups is 2. The summed E-state index contributed by atoms with van der Waals surface area (Å²) < 4.78 is 11.5. The number of benzene rings is 1. The number of hydrogen-bond acceptors (Lipinski definition) is 5. The number of ketones is 1. The Hall–Kier alpha value is -2.14. The lowest BCUT2D eigenvalue weighted by molar-refractivity contribution is -0.148. The van der Waals surface area contributed by atoms with Crippen LogP contribution in [0.4, 0.5) is 0 Å². The highest BCUT2D eigenvalue weighted by Gasteiger charge is 2.42. The number of fused-ring (bicyclic) bond motifs is 1. The maximum absolute atomic E-state index is 12.7. The Labute approximate surface area is 155 Å². The van der Waals surface area contributed by atoms with E-state index in [0.717, 1.165) is 31.5 Å². The van der Waals surface area contributed by atoms with Crippen LogP contribution >= 0.6 is 0 Å². The summed E-state index contributed by atoms with van der Waals surface area (Å²) in [6, 6.07) is 5.49. The van der Waals surface area contributed by atoms with Gasteiger partial charge in [-0.2, -0.15) is 0 Å². The molecule has 0 aromatic heterocycles. The molecule has 1 aromatic rings. The standard InChI is InChI=1S/C21H27NO4/c1-20(2,3)26-19(24)8-6-15-5-7-18-16(13-15)17(23)14-21(25-18)9-11-22(4)12-10-21/h5-8,13H,9-12,14H2,1-4H3/b8-6+. The van der Waals surface area contributed by atoms with Crippen LogP contribution in [0.15, 0.2) is 24.3 Å². The van der Waals surface area contributed by atoms with Crippen LogP contribution in [0.2, 0.25) is 0 Å². The summed E-state index contributed by atoms with van der Waals surface area (Å²) in [6.45, 7) is 7.37. The number of rotatable bonds is 2. The van der Waals surface area contributed by atoms with Crippen molar-refractivity contribution in [3.05, 3.63) is 35.4 Å². The normalized spacial score (nSPS) is 20.1. The quantitative estimate of drug-likeness (QED) is 0.599. The zero-order chi connectivity index (χ0) is 18.9. The fourth-order valence-corrected chi connectivity index (χ4v) is 3.42. The molecule has 140 valence electrons. The summed E-state index contributed by atoms with van der Waals surface area (Å²) in [5, 5.41) is 0. The van der Waals surface area contributed by atoms with Crippen LogP contribution in [-0.4, -0.2) is 48.0 Å². The van der Waals surface area contributed by atoms with Crippen molar-refractivity contribution in [3.8, 4) is 5.75 Å². The third kappa shape index (κ3) is 4.33. The molecule has 3 rings (SSSR count). The van der Waals surface area contributed by atoms with Crippen molar-refractivity contribution in [2.75, 3.05) is 20.1 Å². The third-order valence-corrected chi connectivity index (χ3v) is 4.83. The van der Waals surface area contributed by atoms with Crippen molar-refractivity contribution in [3.63, 3.8) is 0 Å². The molecule has 5 heteroatoms. The van der Waals surface area contributed by atoms with E-state index in [-0.39, 0.29) is 11.4 Å². The van der Waals surface area contributed by atoms with Crippen molar-refractivity contribution in [2.24, 2.45) is 0 Å². The molecule has 1 saturated heterocycles. The molecule has 0 bridgehead atoms. The van der Waals surface area contributed by atoms with Gasteiger partial charge in [0.2, 0.25) is 0 Å². The van der Waals surface area contributed by atoms with E-state index in [1.807, 2.05) is 32.9 Å². The van der Waals surface area contributed by atoms with Crippen molar-refractivity contribution in [2.45, 2.75) is 51.2 Å². The highest BCUT2D eigenvalue weighted by atomic mass is 16.6. The first kappa shape index (κ1) is 18.6. The largest absolute Gasteiger partial charge is 0.486 e. The molecule has 1 aromatic carbocycles. The summed E-state index contributed by atoms with van der Waals surface area (Å²) in [5.74, 6) is 0.367. The van der Waals surface area contributed by atoms with Crippen molar-refractivity contribution < 1.29 is 19.1 Å². The average molecular weight is 357 g/mol. The van der Waals surface area contributed by atoms with Gasteiger partial charge in [0.15, 0.2) is 5.78 Å². The van der Waals surface area contributed by atoms with Gasteiger partial charge in [-0.25, -0.2) is 4.79 Å². The van der Waals surface area contributed by atoms with Crippen LogP contribution in [0, 0.1) is 0 Å². The van der Waals surface area contributed by atoms with Crippen LogP contribution in [0.3, 0.4) is 0 Å². The molecule has 0 radical (unpaired) electrons. The number of hydrogen-bond donors (Lipinski definition) is 0. The van der Waals surface area contributed by atoms with Gasteiger partial charge in [-0.1, -0.05) is 6.07 Å². The van der Waals surface area contributed by atoms with E-state index in [4.69, 9.17) is 9.47 Å². The zero-order valence-electron chi connectivity index (χ0n) is 16.0. The lowest BCUT2D eigenvalue weighted by Gasteiger charge is -2.43. The smallest absolute Gasteiger partial charge is 0.331 e. The Morgan fingerprint density at radius 2 is 1.96 bits per heavy atom. The molecule has 2 aliphatic rings. The summed E-state index contributed by atoms with van der Waals surface area (Å²) in [6.07, 6.45) is 5.22. The van der Waals surface area contributed by atoms with E-state index < -0.39 is 11.6 Å². The van der Waals surface area contributed by atoms with Crippen molar-refractivity contribution >= 4 is 17.8 Å². The number of esters is 1. The molecule has 2 heterocycles. The van der Waals surface area contributed by atoms with Crippen molar-refractivity contribution in [1.29, 1.82) is 0 Å². The van der Waals surface area contributed by atoms with Crippen LogP contribution in [0.5, 0.6) is 5.75 Å².